The van der Waals surface area contributed by atoms with Crippen LogP contribution < -0.4 is 10.5 Å². The van der Waals surface area contributed by atoms with Crippen LogP contribution in [0.1, 0.15) is 5.82 Å². The predicted octanol–water partition coefficient (Wildman–Crippen LogP) is 2.59. The number of nitrogens with two attached hydrogens (primary N) is 1. The zero-order valence-electron chi connectivity index (χ0n) is 8.93. The van der Waals surface area contributed by atoms with Crippen molar-refractivity contribution in [2.75, 3.05) is 12.8 Å². The topological polar surface area (TPSA) is 61.0 Å². The van der Waals surface area contributed by atoms with Gasteiger partial charge in [-0.1, -0.05) is 17.8 Å². The largest absolute Gasteiger partial charge is 0.495 e. The van der Waals surface area contributed by atoms with Gasteiger partial charge >= 0.3 is 0 Å². The summed E-state index contributed by atoms with van der Waals surface area (Å²) < 4.78 is 10.2. The summed E-state index contributed by atoms with van der Waals surface area (Å²) in [6, 6.07) is 5.69. The lowest BCUT2D eigenvalue weighted by atomic mass is 10.3. The Morgan fingerprint density at radius 3 is 2.88 bits per heavy atom. The van der Waals surface area contributed by atoms with E-state index in [0.29, 0.717) is 11.4 Å². The molecule has 84 valence electrons. The number of para-hydroxylation sites is 1. The Morgan fingerprint density at radius 2 is 2.25 bits per heavy atom. The van der Waals surface area contributed by atoms with Crippen LogP contribution in [0, 0.1) is 6.92 Å². The number of hydrogen-bond acceptors (Lipinski definition) is 6. The summed E-state index contributed by atoms with van der Waals surface area (Å²) in [5.41, 5.74) is 6.60. The number of nitrogens with zero attached hydrogens (tertiary/aromatic N) is 2. The summed E-state index contributed by atoms with van der Waals surface area (Å²) in [5.74, 6) is 1.47. The zero-order valence-corrected chi connectivity index (χ0v) is 10.6. The van der Waals surface area contributed by atoms with Crippen LogP contribution in [0.15, 0.2) is 27.4 Å². The van der Waals surface area contributed by atoms with Crippen molar-refractivity contribution >= 4 is 29.0 Å². The summed E-state index contributed by atoms with van der Waals surface area (Å²) in [6.45, 7) is 1.87. The van der Waals surface area contributed by atoms with Crippen molar-refractivity contribution < 1.29 is 4.74 Å². The number of hydrogen-bond donors (Lipinski definition) is 1. The van der Waals surface area contributed by atoms with Crippen molar-refractivity contribution in [2.24, 2.45) is 0 Å². The van der Waals surface area contributed by atoms with E-state index >= 15 is 0 Å². The Bertz CT molecular complexity index is 499. The van der Waals surface area contributed by atoms with E-state index in [1.54, 1.807) is 7.11 Å². The maximum absolute atomic E-state index is 5.96. The molecular weight excluding hydrogens is 242 g/mol. The van der Waals surface area contributed by atoms with E-state index in [4.69, 9.17) is 10.5 Å². The van der Waals surface area contributed by atoms with Crippen LogP contribution >= 0.6 is 23.3 Å². The number of rotatable bonds is 3. The van der Waals surface area contributed by atoms with Crippen LogP contribution in [0.2, 0.25) is 0 Å². The van der Waals surface area contributed by atoms with Gasteiger partial charge in [0.25, 0.3) is 0 Å². The van der Waals surface area contributed by atoms with Crippen LogP contribution in [0.4, 0.5) is 5.69 Å². The number of anilines is 1. The second kappa shape index (κ2) is 4.71. The molecule has 4 nitrogen and oxygen atoms in total. The van der Waals surface area contributed by atoms with E-state index in [9.17, 15) is 0 Å². The van der Waals surface area contributed by atoms with Gasteiger partial charge in [0.05, 0.1) is 12.8 Å². The third-order valence-electron chi connectivity index (χ3n) is 1.95. The molecule has 0 unspecified atom stereocenters. The summed E-state index contributed by atoms with van der Waals surface area (Å²) >= 11 is 2.88. The molecule has 2 aromatic rings. The van der Waals surface area contributed by atoms with Crippen LogP contribution in [-0.2, 0) is 0 Å². The van der Waals surface area contributed by atoms with Crippen molar-refractivity contribution in [2.45, 2.75) is 16.2 Å². The highest BCUT2D eigenvalue weighted by atomic mass is 32.2. The average Bonchev–Trinajstić information content (AvgIpc) is 2.67. The maximum atomic E-state index is 5.96. The highest BCUT2D eigenvalue weighted by Crippen LogP contribution is 2.37. The van der Waals surface area contributed by atoms with E-state index in [1.807, 2.05) is 25.1 Å². The van der Waals surface area contributed by atoms with Gasteiger partial charge in [0.1, 0.15) is 11.6 Å². The molecule has 0 atom stereocenters. The molecule has 16 heavy (non-hydrogen) atoms. The van der Waals surface area contributed by atoms with Gasteiger partial charge in [-0.3, -0.25) is 0 Å². The lowest BCUT2D eigenvalue weighted by Gasteiger charge is -2.07. The highest BCUT2D eigenvalue weighted by Gasteiger charge is 2.09. The Hall–Kier alpha value is -1.27. The number of aromatic nitrogens is 2. The van der Waals surface area contributed by atoms with E-state index in [1.165, 1.54) is 23.3 Å². The third-order valence-corrected chi connectivity index (χ3v) is 3.87. The van der Waals surface area contributed by atoms with Gasteiger partial charge in [0.2, 0.25) is 0 Å². The summed E-state index contributed by atoms with van der Waals surface area (Å²) in [5, 5.41) is 0. The molecule has 0 saturated heterocycles. The van der Waals surface area contributed by atoms with Crippen molar-refractivity contribution in [1.82, 2.24) is 9.36 Å². The molecule has 1 aromatic heterocycles. The van der Waals surface area contributed by atoms with Gasteiger partial charge in [-0.2, -0.15) is 4.37 Å². The molecule has 0 amide bonds. The fourth-order valence-corrected chi connectivity index (χ4v) is 2.88. The van der Waals surface area contributed by atoms with E-state index in [0.717, 1.165) is 15.1 Å². The lowest BCUT2D eigenvalue weighted by molar-refractivity contribution is 0.416. The monoisotopic (exact) mass is 253 g/mol. The van der Waals surface area contributed by atoms with Crippen LogP contribution in [0.25, 0.3) is 0 Å². The molecule has 2 rings (SSSR count). The predicted molar refractivity (Wildman–Crippen MR) is 66.2 cm³/mol. The van der Waals surface area contributed by atoms with Crippen molar-refractivity contribution in [1.29, 1.82) is 0 Å². The fraction of sp³-hybridized carbons (Fsp3) is 0.200. The first-order valence-electron chi connectivity index (χ1n) is 4.61. The molecular formula is C10H11N3OS2. The molecule has 6 heteroatoms. The molecule has 0 radical (unpaired) electrons. The van der Waals surface area contributed by atoms with Crippen molar-refractivity contribution in [3.05, 3.63) is 24.0 Å². The standard InChI is InChI=1S/C10H11N3OS2/c1-6-12-10(16-13-6)15-8-5-3-4-7(14-2)9(8)11/h3-5H,11H2,1-2H3. The Kier molecular flexibility index (Phi) is 3.31. The Morgan fingerprint density at radius 1 is 1.44 bits per heavy atom. The van der Waals surface area contributed by atoms with Crippen LogP contribution in [0.3, 0.4) is 0 Å². The molecule has 0 aliphatic carbocycles. The third kappa shape index (κ3) is 2.28. The second-order valence-corrected chi connectivity index (χ2v) is 5.12. The van der Waals surface area contributed by atoms with Gasteiger partial charge in [0, 0.05) is 4.90 Å². The second-order valence-electron chi connectivity index (χ2n) is 3.08. The van der Waals surface area contributed by atoms with Gasteiger partial charge in [0.15, 0.2) is 4.34 Å². The van der Waals surface area contributed by atoms with Crippen molar-refractivity contribution in [3.63, 3.8) is 0 Å². The quantitative estimate of drug-likeness (QED) is 0.852. The van der Waals surface area contributed by atoms with E-state index in [2.05, 4.69) is 9.36 Å². The number of aryl methyl sites for hydroxylation is 1. The summed E-state index contributed by atoms with van der Waals surface area (Å²) in [4.78, 5) is 5.22. The molecule has 0 saturated carbocycles. The number of ether oxygens (including phenoxy) is 1. The summed E-state index contributed by atoms with van der Waals surface area (Å²) in [6.07, 6.45) is 0. The zero-order chi connectivity index (χ0) is 11.5. The molecule has 0 spiro atoms. The maximum Gasteiger partial charge on any atom is 0.174 e. The van der Waals surface area contributed by atoms with Crippen molar-refractivity contribution in [3.8, 4) is 5.75 Å². The smallest absolute Gasteiger partial charge is 0.174 e. The minimum absolute atomic E-state index is 0.642. The molecule has 1 heterocycles. The minimum atomic E-state index is 0.642. The molecule has 2 N–H and O–H groups in total. The average molecular weight is 253 g/mol. The minimum Gasteiger partial charge on any atom is -0.495 e. The van der Waals surface area contributed by atoms with E-state index in [-0.39, 0.29) is 0 Å². The Balaban J connectivity index is 2.28. The fourth-order valence-electron chi connectivity index (χ4n) is 1.20. The first-order valence-corrected chi connectivity index (χ1v) is 6.20. The van der Waals surface area contributed by atoms with Crippen LogP contribution in [0.5, 0.6) is 5.75 Å². The van der Waals surface area contributed by atoms with Crippen LogP contribution in [-0.4, -0.2) is 16.5 Å². The first-order chi connectivity index (χ1) is 7.70. The number of methoxy groups -OCH3 is 1. The molecule has 0 fully saturated rings. The van der Waals surface area contributed by atoms with Gasteiger partial charge in [-0.05, 0) is 30.6 Å². The molecule has 0 aliphatic rings. The number of benzene rings is 1. The molecule has 0 bridgehead atoms. The van der Waals surface area contributed by atoms with Gasteiger partial charge < -0.3 is 10.5 Å². The van der Waals surface area contributed by atoms with E-state index < -0.39 is 0 Å². The molecule has 0 aliphatic heterocycles. The SMILES string of the molecule is COc1cccc(Sc2nc(C)ns2)c1N. The molecule has 1 aromatic carbocycles. The normalized spacial score (nSPS) is 10.4. The highest BCUT2D eigenvalue weighted by molar-refractivity contribution is 8.01. The lowest BCUT2D eigenvalue weighted by Crippen LogP contribution is -1.93. The number of nitrogen functional groups attached to an aromatic ring is 1. The van der Waals surface area contributed by atoms with Gasteiger partial charge in [-0.25, -0.2) is 4.98 Å². The summed E-state index contributed by atoms with van der Waals surface area (Å²) in [7, 11) is 1.61. The first kappa shape index (κ1) is 11.2. The Labute approximate surface area is 102 Å². The van der Waals surface area contributed by atoms with Gasteiger partial charge in [-0.15, -0.1) is 0 Å².